The standard InChI is InChI=1S/C15H24O4/c1-15(2,3)19-14(17)10-12(9-11-5-6-11)7-8-13(16)18-4/h7-8,11-12H,5-6,9-10H2,1-4H3/b8-7+/t12-/m1/s1. The highest BCUT2D eigenvalue weighted by Crippen LogP contribution is 2.36. The Morgan fingerprint density at radius 3 is 2.42 bits per heavy atom. The first-order valence-electron chi connectivity index (χ1n) is 6.78. The van der Waals surface area contributed by atoms with Crippen LogP contribution in [0.25, 0.3) is 0 Å². The number of carbonyl (C=O) groups excluding carboxylic acids is 2. The van der Waals surface area contributed by atoms with Crippen LogP contribution in [0.3, 0.4) is 0 Å². The zero-order valence-corrected chi connectivity index (χ0v) is 12.3. The molecule has 0 saturated heterocycles. The molecule has 0 amide bonds. The summed E-state index contributed by atoms with van der Waals surface area (Å²) in [4.78, 5) is 22.9. The van der Waals surface area contributed by atoms with Crippen molar-refractivity contribution in [2.45, 2.75) is 52.1 Å². The summed E-state index contributed by atoms with van der Waals surface area (Å²) < 4.78 is 9.88. The lowest BCUT2D eigenvalue weighted by Gasteiger charge is -2.21. The van der Waals surface area contributed by atoms with E-state index in [9.17, 15) is 9.59 Å². The second kappa shape index (κ2) is 6.73. The average Bonchev–Trinajstić information content (AvgIpc) is 3.06. The van der Waals surface area contributed by atoms with Gasteiger partial charge in [-0.1, -0.05) is 18.9 Å². The van der Waals surface area contributed by atoms with Crippen LogP contribution in [0.5, 0.6) is 0 Å². The monoisotopic (exact) mass is 268 g/mol. The van der Waals surface area contributed by atoms with Crippen LogP contribution in [-0.2, 0) is 19.1 Å². The lowest BCUT2D eigenvalue weighted by atomic mass is 9.97. The van der Waals surface area contributed by atoms with Crippen molar-refractivity contribution in [2.75, 3.05) is 7.11 Å². The Bertz CT molecular complexity index is 348. The Balaban J connectivity index is 2.51. The SMILES string of the molecule is COC(=O)/C=C/[C@@H](CC(=O)OC(C)(C)C)CC1CC1. The van der Waals surface area contributed by atoms with Crippen LogP contribution in [0, 0.1) is 11.8 Å². The predicted octanol–water partition coefficient (Wildman–Crippen LogP) is 2.86. The molecule has 4 heteroatoms. The molecule has 19 heavy (non-hydrogen) atoms. The van der Waals surface area contributed by atoms with Crippen molar-refractivity contribution in [1.29, 1.82) is 0 Å². The molecule has 1 fully saturated rings. The summed E-state index contributed by atoms with van der Waals surface area (Å²) in [6.07, 6.45) is 6.87. The quantitative estimate of drug-likeness (QED) is 0.549. The fraction of sp³-hybridized carbons (Fsp3) is 0.733. The van der Waals surface area contributed by atoms with Crippen molar-refractivity contribution >= 4 is 11.9 Å². The molecule has 0 aliphatic heterocycles. The minimum atomic E-state index is -0.465. The van der Waals surface area contributed by atoms with Gasteiger partial charge in [-0.3, -0.25) is 4.79 Å². The Morgan fingerprint density at radius 2 is 1.95 bits per heavy atom. The number of esters is 2. The van der Waals surface area contributed by atoms with E-state index in [1.807, 2.05) is 20.8 Å². The van der Waals surface area contributed by atoms with E-state index in [-0.39, 0.29) is 17.9 Å². The van der Waals surface area contributed by atoms with Crippen molar-refractivity contribution in [3.63, 3.8) is 0 Å². The molecule has 108 valence electrons. The largest absolute Gasteiger partial charge is 0.466 e. The van der Waals surface area contributed by atoms with Crippen LogP contribution in [0.2, 0.25) is 0 Å². The number of hydrogen-bond donors (Lipinski definition) is 0. The van der Waals surface area contributed by atoms with Gasteiger partial charge in [0.25, 0.3) is 0 Å². The first-order valence-corrected chi connectivity index (χ1v) is 6.78. The number of rotatable bonds is 6. The second-order valence-corrected chi connectivity index (χ2v) is 6.11. The van der Waals surface area contributed by atoms with Gasteiger partial charge in [-0.25, -0.2) is 4.79 Å². The van der Waals surface area contributed by atoms with Crippen LogP contribution in [0.1, 0.15) is 46.5 Å². The molecule has 1 saturated carbocycles. The van der Waals surface area contributed by atoms with E-state index in [1.54, 1.807) is 6.08 Å². The van der Waals surface area contributed by atoms with Gasteiger partial charge in [-0.2, -0.15) is 0 Å². The van der Waals surface area contributed by atoms with Crippen molar-refractivity contribution in [2.24, 2.45) is 11.8 Å². The van der Waals surface area contributed by atoms with Crippen LogP contribution in [0.4, 0.5) is 0 Å². The summed E-state index contributed by atoms with van der Waals surface area (Å²) in [7, 11) is 1.34. The Labute approximate surface area is 115 Å². The van der Waals surface area contributed by atoms with Gasteiger partial charge in [-0.05, 0) is 39.0 Å². The number of methoxy groups -OCH3 is 1. The van der Waals surface area contributed by atoms with Gasteiger partial charge < -0.3 is 9.47 Å². The van der Waals surface area contributed by atoms with Gasteiger partial charge in [0.05, 0.1) is 13.5 Å². The molecule has 1 rings (SSSR count). The lowest BCUT2D eigenvalue weighted by molar-refractivity contribution is -0.155. The van der Waals surface area contributed by atoms with Crippen molar-refractivity contribution in [3.05, 3.63) is 12.2 Å². The zero-order chi connectivity index (χ0) is 14.5. The highest BCUT2D eigenvalue weighted by atomic mass is 16.6. The highest BCUT2D eigenvalue weighted by molar-refractivity contribution is 5.82. The second-order valence-electron chi connectivity index (χ2n) is 6.11. The lowest BCUT2D eigenvalue weighted by Crippen LogP contribution is -2.25. The van der Waals surface area contributed by atoms with Crippen molar-refractivity contribution in [3.8, 4) is 0 Å². The molecule has 0 aromatic rings. The Hall–Kier alpha value is -1.32. The summed E-state index contributed by atoms with van der Waals surface area (Å²) in [5, 5.41) is 0. The fourth-order valence-corrected chi connectivity index (χ4v) is 1.89. The van der Waals surface area contributed by atoms with Gasteiger partial charge in [-0.15, -0.1) is 0 Å². The van der Waals surface area contributed by atoms with Crippen LogP contribution in [-0.4, -0.2) is 24.6 Å². The van der Waals surface area contributed by atoms with Crippen molar-refractivity contribution in [1.82, 2.24) is 0 Å². The molecule has 0 radical (unpaired) electrons. The third kappa shape index (κ3) is 7.65. The maximum atomic E-state index is 11.8. The molecular weight excluding hydrogens is 244 g/mol. The minimum Gasteiger partial charge on any atom is -0.466 e. The normalized spacial score (nSPS) is 17.3. The molecule has 4 nitrogen and oxygen atoms in total. The summed E-state index contributed by atoms with van der Waals surface area (Å²) in [6.45, 7) is 5.56. The predicted molar refractivity (Wildman–Crippen MR) is 72.4 cm³/mol. The van der Waals surface area contributed by atoms with Crippen LogP contribution in [0.15, 0.2) is 12.2 Å². The molecule has 0 bridgehead atoms. The van der Waals surface area contributed by atoms with Gasteiger partial charge >= 0.3 is 11.9 Å². The molecule has 1 aliphatic carbocycles. The fourth-order valence-electron chi connectivity index (χ4n) is 1.89. The van der Waals surface area contributed by atoms with E-state index in [1.165, 1.54) is 26.0 Å². The first kappa shape index (κ1) is 15.7. The number of allylic oxidation sites excluding steroid dienone is 1. The topological polar surface area (TPSA) is 52.6 Å². The molecule has 1 atom stereocenters. The molecule has 0 spiro atoms. The minimum absolute atomic E-state index is 0.0569. The van der Waals surface area contributed by atoms with Crippen molar-refractivity contribution < 1.29 is 19.1 Å². The van der Waals surface area contributed by atoms with Gasteiger partial charge in [0.15, 0.2) is 0 Å². The first-order chi connectivity index (χ1) is 8.80. The third-order valence-corrected chi connectivity index (χ3v) is 2.89. The van der Waals surface area contributed by atoms with Crippen LogP contribution < -0.4 is 0 Å². The number of hydrogen-bond acceptors (Lipinski definition) is 4. The maximum absolute atomic E-state index is 11.8. The number of ether oxygens (including phenoxy) is 2. The summed E-state index contributed by atoms with van der Waals surface area (Å²) >= 11 is 0. The van der Waals surface area contributed by atoms with Gasteiger partial charge in [0.1, 0.15) is 5.60 Å². The van der Waals surface area contributed by atoms with Gasteiger partial charge in [0.2, 0.25) is 0 Å². The molecule has 0 aromatic heterocycles. The van der Waals surface area contributed by atoms with Gasteiger partial charge in [0, 0.05) is 6.08 Å². The summed E-state index contributed by atoms with van der Waals surface area (Å²) in [5.74, 6) is 0.147. The smallest absolute Gasteiger partial charge is 0.330 e. The molecule has 0 heterocycles. The molecule has 1 aliphatic rings. The van der Waals surface area contributed by atoms with E-state index >= 15 is 0 Å². The molecular formula is C15H24O4. The maximum Gasteiger partial charge on any atom is 0.330 e. The zero-order valence-electron chi connectivity index (χ0n) is 12.3. The Morgan fingerprint density at radius 1 is 1.32 bits per heavy atom. The molecule has 0 N–H and O–H groups in total. The highest BCUT2D eigenvalue weighted by Gasteiger charge is 2.27. The third-order valence-electron chi connectivity index (χ3n) is 2.89. The number of carbonyl (C=O) groups is 2. The summed E-state index contributed by atoms with van der Waals surface area (Å²) in [6, 6.07) is 0. The molecule has 0 unspecified atom stereocenters. The summed E-state index contributed by atoms with van der Waals surface area (Å²) in [5.41, 5.74) is -0.465. The molecule has 0 aromatic carbocycles. The van der Waals surface area contributed by atoms with E-state index in [2.05, 4.69) is 4.74 Å². The van der Waals surface area contributed by atoms with Crippen LogP contribution >= 0.6 is 0 Å². The van der Waals surface area contributed by atoms with E-state index in [4.69, 9.17) is 4.74 Å². The van der Waals surface area contributed by atoms with E-state index < -0.39 is 5.60 Å². The van der Waals surface area contributed by atoms with E-state index in [0.717, 1.165) is 6.42 Å². The van der Waals surface area contributed by atoms with E-state index in [0.29, 0.717) is 12.3 Å². The average molecular weight is 268 g/mol. The Kier molecular flexibility index (Phi) is 5.58.